The topological polar surface area (TPSA) is 53.6 Å². The highest BCUT2D eigenvalue weighted by Gasteiger charge is 2.20. The van der Waals surface area contributed by atoms with Gasteiger partial charge in [-0.2, -0.15) is 8.78 Å². The first-order valence-electron chi connectivity index (χ1n) is 6.84. The Labute approximate surface area is 134 Å². The summed E-state index contributed by atoms with van der Waals surface area (Å²) in [4.78, 5) is 14.1. The van der Waals surface area contributed by atoms with Gasteiger partial charge in [0.15, 0.2) is 0 Å². The Kier molecular flexibility index (Phi) is 7.50. The standard InChI is InChI=1S/C14H19F2N3O2.ClH/c1-10-8-17-6-7-19(10)9-13(20)18-11-2-4-12(5-3-11)21-14(15)16;/h2-5,10,14,17H,6-9H2,1H3,(H,18,20);1H/t10-;/m1./s1. The third-order valence-corrected chi connectivity index (χ3v) is 3.35. The maximum absolute atomic E-state index is 12.0. The number of benzene rings is 1. The number of nitrogens with one attached hydrogen (secondary N) is 2. The van der Waals surface area contributed by atoms with Crippen LogP contribution in [0.1, 0.15) is 6.92 Å². The van der Waals surface area contributed by atoms with E-state index < -0.39 is 6.61 Å². The van der Waals surface area contributed by atoms with Crippen molar-refractivity contribution in [1.29, 1.82) is 0 Å². The van der Waals surface area contributed by atoms with Crippen LogP contribution in [0.25, 0.3) is 0 Å². The van der Waals surface area contributed by atoms with Crippen molar-refractivity contribution < 1.29 is 18.3 Å². The van der Waals surface area contributed by atoms with Crippen molar-refractivity contribution in [3.05, 3.63) is 24.3 Å². The number of nitrogens with zero attached hydrogens (tertiary/aromatic N) is 1. The van der Waals surface area contributed by atoms with Gasteiger partial charge in [-0.25, -0.2) is 0 Å². The summed E-state index contributed by atoms with van der Waals surface area (Å²) in [6.07, 6.45) is 0. The lowest BCUT2D eigenvalue weighted by atomic mass is 10.2. The Morgan fingerprint density at radius 1 is 1.45 bits per heavy atom. The molecule has 1 aliphatic rings. The van der Waals surface area contributed by atoms with E-state index in [1.807, 2.05) is 0 Å². The molecule has 0 aliphatic carbocycles. The summed E-state index contributed by atoms with van der Waals surface area (Å²) in [5.41, 5.74) is 0.560. The van der Waals surface area contributed by atoms with Gasteiger partial charge in [0.25, 0.3) is 0 Å². The Morgan fingerprint density at radius 3 is 2.73 bits per heavy atom. The quantitative estimate of drug-likeness (QED) is 0.863. The molecule has 0 radical (unpaired) electrons. The van der Waals surface area contributed by atoms with Crippen molar-refractivity contribution in [2.45, 2.75) is 19.6 Å². The molecule has 8 heteroatoms. The number of anilines is 1. The molecule has 124 valence electrons. The van der Waals surface area contributed by atoms with Crippen LogP contribution in [0.3, 0.4) is 0 Å². The molecule has 0 aromatic heterocycles. The number of hydrogen-bond donors (Lipinski definition) is 2. The Balaban J connectivity index is 0.00000242. The van der Waals surface area contributed by atoms with Crippen LogP contribution in [0.5, 0.6) is 5.75 Å². The van der Waals surface area contributed by atoms with Gasteiger partial charge in [0.2, 0.25) is 5.91 Å². The third kappa shape index (κ3) is 5.75. The number of hydrogen-bond acceptors (Lipinski definition) is 4. The molecule has 5 nitrogen and oxygen atoms in total. The molecule has 22 heavy (non-hydrogen) atoms. The van der Waals surface area contributed by atoms with Crippen molar-refractivity contribution in [3.8, 4) is 5.75 Å². The van der Waals surface area contributed by atoms with E-state index in [4.69, 9.17) is 0 Å². The number of rotatable bonds is 5. The van der Waals surface area contributed by atoms with E-state index in [0.717, 1.165) is 19.6 Å². The monoisotopic (exact) mass is 335 g/mol. The predicted octanol–water partition coefficient (Wildman–Crippen LogP) is 1.94. The zero-order valence-corrected chi connectivity index (χ0v) is 13.0. The summed E-state index contributed by atoms with van der Waals surface area (Å²) >= 11 is 0. The van der Waals surface area contributed by atoms with Crippen molar-refractivity contribution in [2.75, 3.05) is 31.5 Å². The first-order chi connectivity index (χ1) is 10.0. The number of halogens is 3. The van der Waals surface area contributed by atoms with Crippen LogP contribution in [0.2, 0.25) is 0 Å². The van der Waals surface area contributed by atoms with E-state index >= 15 is 0 Å². The highest BCUT2D eigenvalue weighted by molar-refractivity contribution is 5.92. The van der Waals surface area contributed by atoms with E-state index in [1.165, 1.54) is 24.3 Å². The minimum Gasteiger partial charge on any atom is -0.435 e. The summed E-state index contributed by atoms with van der Waals surface area (Å²) < 4.78 is 28.3. The van der Waals surface area contributed by atoms with Crippen molar-refractivity contribution in [1.82, 2.24) is 10.2 Å². The van der Waals surface area contributed by atoms with Crippen LogP contribution >= 0.6 is 12.4 Å². The fraction of sp³-hybridized carbons (Fsp3) is 0.500. The first-order valence-corrected chi connectivity index (χ1v) is 6.84. The van der Waals surface area contributed by atoms with Crippen LogP contribution in [-0.2, 0) is 4.79 Å². The lowest BCUT2D eigenvalue weighted by molar-refractivity contribution is -0.118. The molecule has 2 rings (SSSR count). The molecular formula is C14H20ClF2N3O2. The molecule has 1 aliphatic heterocycles. The van der Waals surface area contributed by atoms with E-state index in [-0.39, 0.29) is 24.1 Å². The number of alkyl halides is 2. The molecule has 1 heterocycles. The second-order valence-corrected chi connectivity index (χ2v) is 4.97. The van der Waals surface area contributed by atoms with Crippen LogP contribution in [0.4, 0.5) is 14.5 Å². The molecule has 1 amide bonds. The van der Waals surface area contributed by atoms with Crippen molar-refractivity contribution in [2.24, 2.45) is 0 Å². The van der Waals surface area contributed by atoms with Gasteiger partial charge in [-0.3, -0.25) is 9.69 Å². The molecule has 1 aromatic carbocycles. The number of piperazine rings is 1. The van der Waals surface area contributed by atoms with E-state index in [1.54, 1.807) is 0 Å². The van der Waals surface area contributed by atoms with Gasteiger partial charge in [-0.05, 0) is 31.2 Å². The SMILES string of the molecule is C[C@@H]1CNCCN1CC(=O)Nc1ccc(OC(F)F)cc1.Cl. The Bertz CT molecular complexity index is 474. The van der Waals surface area contributed by atoms with Gasteiger partial charge in [0.1, 0.15) is 5.75 Å². The second kappa shape index (κ2) is 8.87. The maximum Gasteiger partial charge on any atom is 0.387 e. The lowest BCUT2D eigenvalue weighted by Crippen LogP contribution is -2.51. The molecule has 1 fully saturated rings. The van der Waals surface area contributed by atoms with Gasteiger partial charge in [0, 0.05) is 31.4 Å². The molecule has 0 spiro atoms. The normalized spacial score (nSPS) is 18.6. The minimum atomic E-state index is -2.85. The fourth-order valence-electron chi connectivity index (χ4n) is 2.22. The number of carbonyl (C=O) groups is 1. The smallest absolute Gasteiger partial charge is 0.387 e. The highest BCUT2D eigenvalue weighted by atomic mass is 35.5. The van der Waals surface area contributed by atoms with Gasteiger partial charge < -0.3 is 15.4 Å². The molecule has 1 atom stereocenters. The average Bonchev–Trinajstić information content (AvgIpc) is 2.43. The van der Waals surface area contributed by atoms with Crippen LogP contribution in [0, 0.1) is 0 Å². The second-order valence-electron chi connectivity index (χ2n) is 4.97. The zero-order chi connectivity index (χ0) is 15.2. The summed E-state index contributed by atoms with van der Waals surface area (Å²) in [7, 11) is 0. The van der Waals surface area contributed by atoms with Crippen LogP contribution < -0.4 is 15.4 Å². The van der Waals surface area contributed by atoms with Crippen molar-refractivity contribution in [3.63, 3.8) is 0 Å². The molecular weight excluding hydrogens is 316 g/mol. The molecule has 1 aromatic rings. The maximum atomic E-state index is 12.0. The largest absolute Gasteiger partial charge is 0.435 e. The lowest BCUT2D eigenvalue weighted by Gasteiger charge is -2.33. The molecule has 0 bridgehead atoms. The predicted molar refractivity (Wildman–Crippen MR) is 82.9 cm³/mol. The van der Waals surface area contributed by atoms with Crippen molar-refractivity contribution >= 4 is 24.0 Å². The van der Waals surface area contributed by atoms with E-state index in [2.05, 4.69) is 27.2 Å². The van der Waals surface area contributed by atoms with Gasteiger partial charge in [-0.1, -0.05) is 0 Å². The Hall–Kier alpha value is -1.44. The van der Waals surface area contributed by atoms with Gasteiger partial charge in [0.05, 0.1) is 6.54 Å². The average molecular weight is 336 g/mol. The Morgan fingerprint density at radius 2 is 2.14 bits per heavy atom. The summed E-state index contributed by atoms with van der Waals surface area (Å²) in [6.45, 7) is 2.10. The fourth-order valence-corrected chi connectivity index (χ4v) is 2.22. The number of carbonyl (C=O) groups excluding carboxylic acids is 1. The summed E-state index contributed by atoms with van der Waals surface area (Å²) in [5, 5.41) is 6.01. The summed E-state index contributed by atoms with van der Waals surface area (Å²) in [5.74, 6) is -0.0509. The van der Waals surface area contributed by atoms with E-state index in [0.29, 0.717) is 18.3 Å². The molecule has 2 N–H and O–H groups in total. The first kappa shape index (κ1) is 18.6. The highest BCUT2D eigenvalue weighted by Crippen LogP contribution is 2.17. The molecule has 0 unspecified atom stereocenters. The van der Waals surface area contributed by atoms with Crippen LogP contribution in [-0.4, -0.2) is 49.6 Å². The number of ether oxygens (including phenoxy) is 1. The van der Waals surface area contributed by atoms with Crippen LogP contribution in [0.15, 0.2) is 24.3 Å². The summed E-state index contributed by atoms with van der Waals surface area (Å²) in [6, 6.07) is 6.18. The zero-order valence-electron chi connectivity index (χ0n) is 12.2. The molecule has 0 saturated carbocycles. The third-order valence-electron chi connectivity index (χ3n) is 3.35. The van der Waals surface area contributed by atoms with Gasteiger partial charge >= 0.3 is 6.61 Å². The number of amides is 1. The minimum absolute atomic E-state index is 0. The molecule has 1 saturated heterocycles. The van der Waals surface area contributed by atoms with Gasteiger partial charge in [-0.15, -0.1) is 12.4 Å². The van der Waals surface area contributed by atoms with E-state index in [9.17, 15) is 13.6 Å².